The van der Waals surface area contributed by atoms with Crippen molar-refractivity contribution in [1.29, 1.82) is 0 Å². The molecule has 0 aromatic heterocycles. The second kappa shape index (κ2) is 6.56. The third-order valence-electron chi connectivity index (χ3n) is 1.92. The smallest absolute Gasteiger partial charge is 0.224 e. The first-order chi connectivity index (χ1) is 7.22. The molecule has 0 heterocycles. The highest BCUT2D eigenvalue weighted by Gasteiger charge is 2.01. The van der Waals surface area contributed by atoms with Crippen molar-refractivity contribution in [2.45, 2.75) is 19.3 Å². The van der Waals surface area contributed by atoms with Gasteiger partial charge in [-0.2, -0.15) is 0 Å². The van der Waals surface area contributed by atoms with Crippen LogP contribution in [0.1, 0.15) is 19.3 Å². The number of benzene rings is 1. The number of anilines is 1. The molecule has 1 amide bonds. The van der Waals surface area contributed by atoms with Crippen LogP contribution in [0.3, 0.4) is 0 Å². The first kappa shape index (κ1) is 12.2. The first-order valence-corrected chi connectivity index (χ1v) is 5.96. The van der Waals surface area contributed by atoms with Crippen LogP contribution in [0.5, 0.6) is 0 Å². The molecule has 0 unspecified atom stereocenters. The van der Waals surface area contributed by atoms with E-state index in [4.69, 9.17) is 0 Å². The van der Waals surface area contributed by atoms with Crippen LogP contribution in [0.15, 0.2) is 24.3 Å². The van der Waals surface area contributed by atoms with Crippen LogP contribution in [0.2, 0.25) is 0 Å². The van der Waals surface area contributed by atoms with E-state index in [-0.39, 0.29) is 11.7 Å². The Hall–Kier alpha value is -0.900. The zero-order valence-corrected chi connectivity index (χ0v) is 9.89. The van der Waals surface area contributed by atoms with Gasteiger partial charge in [0.05, 0.1) is 0 Å². The monoisotopic (exact) mass is 273 g/mol. The van der Waals surface area contributed by atoms with Crippen LogP contribution in [-0.4, -0.2) is 11.2 Å². The number of carbonyl (C=O) groups excluding carboxylic acids is 1. The SMILES string of the molecule is O=C(CCCCBr)Nc1ccc(F)cc1. The lowest BCUT2D eigenvalue weighted by molar-refractivity contribution is -0.116. The zero-order chi connectivity index (χ0) is 11.1. The van der Waals surface area contributed by atoms with Crippen LogP contribution >= 0.6 is 15.9 Å². The van der Waals surface area contributed by atoms with Crippen molar-refractivity contribution in [2.24, 2.45) is 0 Å². The van der Waals surface area contributed by atoms with Gasteiger partial charge in [0.1, 0.15) is 5.82 Å². The van der Waals surface area contributed by atoms with Crippen LogP contribution in [0, 0.1) is 5.82 Å². The number of hydrogen-bond donors (Lipinski definition) is 1. The summed E-state index contributed by atoms with van der Waals surface area (Å²) in [7, 11) is 0. The Kier molecular flexibility index (Phi) is 5.32. The highest BCUT2D eigenvalue weighted by atomic mass is 79.9. The van der Waals surface area contributed by atoms with Crippen molar-refractivity contribution < 1.29 is 9.18 Å². The fourth-order valence-electron chi connectivity index (χ4n) is 1.14. The van der Waals surface area contributed by atoms with Crippen LogP contribution in [0.25, 0.3) is 0 Å². The quantitative estimate of drug-likeness (QED) is 0.647. The molecule has 1 rings (SSSR count). The van der Waals surface area contributed by atoms with Gasteiger partial charge in [-0.1, -0.05) is 15.9 Å². The minimum atomic E-state index is -0.299. The maximum atomic E-state index is 12.6. The molecule has 0 radical (unpaired) electrons. The summed E-state index contributed by atoms with van der Waals surface area (Å²) in [5.41, 5.74) is 0.639. The standard InChI is InChI=1S/C11H13BrFNO/c12-8-2-1-3-11(15)14-10-6-4-9(13)5-7-10/h4-7H,1-3,8H2,(H,14,15). The summed E-state index contributed by atoms with van der Waals surface area (Å²) in [6.45, 7) is 0. The van der Waals surface area contributed by atoms with Crippen molar-refractivity contribution in [3.05, 3.63) is 30.1 Å². The number of amides is 1. The highest BCUT2D eigenvalue weighted by molar-refractivity contribution is 9.09. The lowest BCUT2D eigenvalue weighted by Gasteiger charge is -2.04. The Morgan fingerprint density at radius 3 is 2.53 bits per heavy atom. The predicted molar refractivity (Wildman–Crippen MR) is 62.7 cm³/mol. The van der Waals surface area contributed by atoms with E-state index in [1.54, 1.807) is 12.1 Å². The minimum absolute atomic E-state index is 0.0254. The van der Waals surface area contributed by atoms with E-state index >= 15 is 0 Å². The lowest BCUT2D eigenvalue weighted by Crippen LogP contribution is -2.10. The Balaban J connectivity index is 2.34. The Morgan fingerprint density at radius 2 is 1.93 bits per heavy atom. The van der Waals surface area contributed by atoms with E-state index in [1.165, 1.54) is 12.1 Å². The van der Waals surface area contributed by atoms with E-state index in [0.29, 0.717) is 12.1 Å². The molecule has 15 heavy (non-hydrogen) atoms. The van der Waals surface area contributed by atoms with Crippen molar-refractivity contribution in [3.63, 3.8) is 0 Å². The summed E-state index contributed by atoms with van der Waals surface area (Å²) in [5, 5.41) is 3.62. The molecule has 0 spiro atoms. The van der Waals surface area contributed by atoms with Crippen LogP contribution in [-0.2, 0) is 4.79 Å². The van der Waals surface area contributed by atoms with Crippen LogP contribution in [0.4, 0.5) is 10.1 Å². The summed E-state index contributed by atoms with van der Waals surface area (Å²) in [6.07, 6.45) is 2.35. The molecular formula is C11H13BrFNO. The van der Waals surface area contributed by atoms with Crippen molar-refractivity contribution in [3.8, 4) is 0 Å². The van der Waals surface area contributed by atoms with Crippen molar-refractivity contribution in [2.75, 3.05) is 10.6 Å². The molecule has 4 heteroatoms. The van der Waals surface area contributed by atoms with Gasteiger partial charge in [-0.05, 0) is 37.1 Å². The fourth-order valence-corrected chi connectivity index (χ4v) is 1.53. The molecule has 2 nitrogen and oxygen atoms in total. The number of carbonyl (C=O) groups is 1. The van der Waals surface area contributed by atoms with Gasteiger partial charge in [0, 0.05) is 17.4 Å². The molecule has 0 aliphatic heterocycles. The minimum Gasteiger partial charge on any atom is -0.326 e. The van der Waals surface area contributed by atoms with E-state index in [0.717, 1.165) is 18.2 Å². The maximum Gasteiger partial charge on any atom is 0.224 e. The normalized spacial score (nSPS) is 10.0. The number of rotatable bonds is 5. The van der Waals surface area contributed by atoms with Gasteiger partial charge < -0.3 is 5.32 Å². The molecule has 0 bridgehead atoms. The third-order valence-corrected chi connectivity index (χ3v) is 2.48. The number of halogens is 2. The predicted octanol–water partition coefficient (Wildman–Crippen LogP) is 3.33. The number of unbranched alkanes of at least 4 members (excludes halogenated alkanes) is 1. The molecule has 1 N–H and O–H groups in total. The number of alkyl halides is 1. The summed E-state index contributed by atoms with van der Waals surface area (Å²) >= 11 is 3.30. The number of nitrogens with one attached hydrogen (secondary N) is 1. The summed E-state index contributed by atoms with van der Waals surface area (Å²) < 4.78 is 12.6. The first-order valence-electron chi connectivity index (χ1n) is 4.84. The summed E-state index contributed by atoms with van der Waals surface area (Å²) in [5.74, 6) is -0.324. The maximum absolute atomic E-state index is 12.6. The summed E-state index contributed by atoms with van der Waals surface area (Å²) in [4.78, 5) is 11.4. The van der Waals surface area contributed by atoms with Crippen molar-refractivity contribution in [1.82, 2.24) is 0 Å². The average molecular weight is 274 g/mol. The van der Waals surface area contributed by atoms with E-state index in [9.17, 15) is 9.18 Å². The van der Waals surface area contributed by atoms with Crippen LogP contribution < -0.4 is 5.32 Å². The molecule has 0 fully saturated rings. The van der Waals surface area contributed by atoms with Gasteiger partial charge in [0.15, 0.2) is 0 Å². The van der Waals surface area contributed by atoms with Gasteiger partial charge in [0.25, 0.3) is 0 Å². The van der Waals surface area contributed by atoms with Gasteiger partial charge in [0.2, 0.25) is 5.91 Å². The molecule has 82 valence electrons. The molecule has 0 atom stereocenters. The second-order valence-corrected chi connectivity index (χ2v) is 3.99. The molecule has 1 aromatic carbocycles. The Bertz CT molecular complexity index is 313. The lowest BCUT2D eigenvalue weighted by atomic mass is 10.2. The Labute approximate surface area is 97.0 Å². The van der Waals surface area contributed by atoms with Gasteiger partial charge in [-0.3, -0.25) is 4.79 Å². The molecule has 0 aliphatic rings. The fraction of sp³-hybridized carbons (Fsp3) is 0.364. The van der Waals surface area contributed by atoms with Crippen molar-refractivity contribution >= 4 is 27.5 Å². The second-order valence-electron chi connectivity index (χ2n) is 3.20. The van der Waals surface area contributed by atoms with Gasteiger partial charge in [-0.25, -0.2) is 4.39 Å². The van der Waals surface area contributed by atoms with E-state index in [2.05, 4.69) is 21.2 Å². The topological polar surface area (TPSA) is 29.1 Å². The Morgan fingerprint density at radius 1 is 1.27 bits per heavy atom. The molecule has 0 aliphatic carbocycles. The van der Waals surface area contributed by atoms with E-state index in [1.807, 2.05) is 0 Å². The average Bonchev–Trinajstić information content (AvgIpc) is 2.22. The summed E-state index contributed by atoms with van der Waals surface area (Å²) in [6, 6.07) is 5.76. The van der Waals surface area contributed by atoms with Gasteiger partial charge >= 0.3 is 0 Å². The molecular weight excluding hydrogens is 261 g/mol. The largest absolute Gasteiger partial charge is 0.326 e. The zero-order valence-electron chi connectivity index (χ0n) is 8.30. The van der Waals surface area contributed by atoms with E-state index < -0.39 is 0 Å². The molecule has 1 aromatic rings. The number of hydrogen-bond acceptors (Lipinski definition) is 1. The highest BCUT2D eigenvalue weighted by Crippen LogP contribution is 2.09. The molecule has 0 saturated carbocycles. The third kappa shape index (κ3) is 4.93. The molecule has 0 saturated heterocycles. The van der Waals surface area contributed by atoms with Gasteiger partial charge in [-0.15, -0.1) is 0 Å².